The summed E-state index contributed by atoms with van der Waals surface area (Å²) in [7, 11) is 0. The van der Waals surface area contributed by atoms with Crippen molar-refractivity contribution < 1.29 is 23.5 Å². The summed E-state index contributed by atoms with van der Waals surface area (Å²) in [5.41, 5.74) is -1.25. The number of halogens is 2. The lowest BCUT2D eigenvalue weighted by molar-refractivity contribution is -0.127. The molecule has 4 nitrogen and oxygen atoms in total. The maximum Gasteiger partial charge on any atom is 0.238 e. The monoisotopic (exact) mass is 339 g/mol. The van der Waals surface area contributed by atoms with Crippen LogP contribution >= 0.6 is 11.8 Å². The van der Waals surface area contributed by atoms with Crippen LogP contribution in [0, 0.1) is 11.3 Å². The van der Waals surface area contributed by atoms with Gasteiger partial charge in [-0.2, -0.15) is 0 Å². The summed E-state index contributed by atoms with van der Waals surface area (Å²) in [6.07, 6.45) is 7.74. The summed E-state index contributed by atoms with van der Waals surface area (Å²) < 4.78 is 28.5. The number of thioether (sulfide) groups is 1. The van der Waals surface area contributed by atoms with E-state index in [9.17, 15) is 23.5 Å². The van der Waals surface area contributed by atoms with Crippen molar-refractivity contribution >= 4 is 23.6 Å². The molecule has 122 valence electrons. The largest absolute Gasteiger partial charge is 0.381 e. The molecule has 1 saturated heterocycles. The smallest absolute Gasteiger partial charge is 0.238 e. The second kappa shape index (κ2) is 5.42. The van der Waals surface area contributed by atoms with Crippen LogP contribution in [0.25, 0.3) is 0 Å². The summed E-state index contributed by atoms with van der Waals surface area (Å²) in [6, 6.07) is 0. The predicted octanol–water partition coefficient (Wildman–Crippen LogP) is 1.94. The molecule has 0 aromatic heterocycles. The molecule has 0 bridgehead atoms. The van der Waals surface area contributed by atoms with Gasteiger partial charge in [-0.1, -0.05) is 37.3 Å². The van der Waals surface area contributed by atoms with Gasteiger partial charge in [0, 0.05) is 5.25 Å². The van der Waals surface area contributed by atoms with Gasteiger partial charge in [-0.25, -0.2) is 8.78 Å². The molecule has 0 aromatic carbocycles. The van der Waals surface area contributed by atoms with E-state index in [1.807, 2.05) is 0 Å². The molecule has 1 heterocycles. The summed E-state index contributed by atoms with van der Waals surface area (Å²) in [5, 5.41) is 8.96. The lowest BCUT2D eigenvalue weighted by Gasteiger charge is -2.38. The highest BCUT2D eigenvalue weighted by atomic mass is 32.2. The zero-order valence-corrected chi connectivity index (χ0v) is 13.0. The van der Waals surface area contributed by atoms with Gasteiger partial charge in [0.15, 0.2) is 6.10 Å². The topological polar surface area (TPSA) is 66.4 Å². The van der Waals surface area contributed by atoms with Crippen LogP contribution in [0.4, 0.5) is 8.78 Å². The Morgan fingerprint density at radius 1 is 1.30 bits per heavy atom. The molecule has 23 heavy (non-hydrogen) atoms. The van der Waals surface area contributed by atoms with Crippen molar-refractivity contribution in [3.05, 3.63) is 48.4 Å². The van der Waals surface area contributed by atoms with Crippen molar-refractivity contribution in [3.63, 3.8) is 0 Å². The van der Waals surface area contributed by atoms with Gasteiger partial charge < -0.3 is 5.11 Å². The molecule has 5 atom stereocenters. The number of aliphatic hydroxyl groups is 1. The number of rotatable bonds is 3. The van der Waals surface area contributed by atoms with E-state index in [4.69, 9.17) is 0 Å². The normalized spacial score (nSPS) is 39.9. The molecule has 7 heteroatoms. The molecule has 1 fully saturated rings. The molecule has 3 rings (SSSR count). The number of amides is 2. The average molecular weight is 339 g/mol. The molecule has 0 spiro atoms. The van der Waals surface area contributed by atoms with E-state index in [0.717, 1.165) is 12.2 Å². The Balaban J connectivity index is 1.92. The second-order valence-electron chi connectivity index (χ2n) is 5.74. The fourth-order valence-corrected chi connectivity index (χ4v) is 4.63. The molecular weight excluding hydrogens is 324 g/mol. The zero-order chi connectivity index (χ0) is 16.8. The highest BCUT2D eigenvalue weighted by Gasteiger charge is 2.58. The molecule has 3 aliphatic rings. The first-order chi connectivity index (χ1) is 10.8. The lowest BCUT2D eigenvalue weighted by Crippen LogP contribution is -2.45. The number of alkyl halides is 1. The summed E-state index contributed by atoms with van der Waals surface area (Å²) >= 11 is 0.632. The third-order valence-electron chi connectivity index (χ3n) is 4.46. The third kappa shape index (κ3) is 2.30. The van der Waals surface area contributed by atoms with Gasteiger partial charge in [0.25, 0.3) is 0 Å². The summed E-state index contributed by atoms with van der Waals surface area (Å²) in [5.74, 6) is -2.67. The van der Waals surface area contributed by atoms with E-state index >= 15 is 0 Å². The van der Waals surface area contributed by atoms with E-state index < -0.39 is 45.3 Å². The van der Waals surface area contributed by atoms with Crippen molar-refractivity contribution in [2.24, 2.45) is 11.3 Å². The molecule has 2 N–H and O–H groups in total. The van der Waals surface area contributed by atoms with Gasteiger partial charge in [-0.3, -0.25) is 14.9 Å². The van der Waals surface area contributed by atoms with Crippen LogP contribution in [0.15, 0.2) is 48.4 Å². The number of carbonyl (C=O) groups is 2. The van der Waals surface area contributed by atoms with Crippen LogP contribution in [-0.4, -0.2) is 33.3 Å². The first-order valence-corrected chi connectivity index (χ1v) is 8.00. The number of nitrogens with one attached hydrogen (secondary N) is 1. The average Bonchev–Trinajstić information content (AvgIpc) is 2.77. The molecule has 5 unspecified atom stereocenters. The van der Waals surface area contributed by atoms with Gasteiger partial charge in [0.1, 0.15) is 5.83 Å². The first-order valence-electron chi connectivity index (χ1n) is 7.12. The zero-order valence-electron chi connectivity index (χ0n) is 12.2. The minimum atomic E-state index is -2.40. The number of allylic oxidation sites excluding steroid dienone is 4. The first kappa shape index (κ1) is 16.1. The Kier molecular flexibility index (Phi) is 3.80. The highest BCUT2D eigenvalue weighted by Crippen LogP contribution is 2.51. The Labute approximate surface area is 136 Å². The number of hydrogen-bond donors (Lipinski definition) is 2. The fourth-order valence-electron chi connectivity index (χ4n) is 3.16. The summed E-state index contributed by atoms with van der Waals surface area (Å²) in [4.78, 5) is 24.3. The SMILES string of the molecule is CC(SC1(F)C=CC=C(F)C1O)C12C=CC=CC1C(=O)NC2=O. The molecule has 0 radical (unpaired) electrons. The van der Waals surface area contributed by atoms with Crippen LogP contribution in [0.1, 0.15) is 6.92 Å². The Bertz CT molecular complexity index is 687. The van der Waals surface area contributed by atoms with Gasteiger partial charge in [0.05, 0.1) is 11.3 Å². The number of hydrogen-bond acceptors (Lipinski definition) is 4. The predicted molar refractivity (Wildman–Crippen MR) is 82.6 cm³/mol. The van der Waals surface area contributed by atoms with Crippen molar-refractivity contribution in [1.29, 1.82) is 0 Å². The van der Waals surface area contributed by atoms with Crippen molar-refractivity contribution in [2.75, 3.05) is 0 Å². The van der Waals surface area contributed by atoms with E-state index in [-0.39, 0.29) is 0 Å². The van der Waals surface area contributed by atoms with Crippen LogP contribution in [-0.2, 0) is 9.59 Å². The fraction of sp³-hybridized carbons (Fsp3) is 0.375. The van der Waals surface area contributed by atoms with E-state index in [1.165, 1.54) is 6.08 Å². The van der Waals surface area contributed by atoms with Gasteiger partial charge >= 0.3 is 0 Å². The van der Waals surface area contributed by atoms with E-state index in [2.05, 4.69) is 5.32 Å². The highest BCUT2D eigenvalue weighted by molar-refractivity contribution is 8.01. The molecule has 2 amide bonds. The number of aliphatic hydroxyl groups excluding tert-OH is 1. The van der Waals surface area contributed by atoms with Crippen molar-refractivity contribution in [3.8, 4) is 0 Å². The molecule has 0 saturated carbocycles. The van der Waals surface area contributed by atoms with Crippen LogP contribution in [0.3, 0.4) is 0 Å². The van der Waals surface area contributed by atoms with Crippen LogP contribution < -0.4 is 5.32 Å². The van der Waals surface area contributed by atoms with Crippen LogP contribution in [0.2, 0.25) is 0 Å². The van der Waals surface area contributed by atoms with Gasteiger partial charge in [-0.05, 0) is 12.2 Å². The van der Waals surface area contributed by atoms with E-state index in [1.54, 1.807) is 31.2 Å². The van der Waals surface area contributed by atoms with Crippen LogP contribution in [0.5, 0.6) is 0 Å². The standard InChI is InChI=1S/C16H15F2NO3S/c1-9(23-16(18)8-4-6-11(17)12(16)20)15-7-3-2-5-10(15)13(21)19-14(15)22/h2-10,12,20H,1H3,(H,19,21,22). The van der Waals surface area contributed by atoms with Crippen molar-refractivity contribution in [1.82, 2.24) is 5.32 Å². The molecule has 1 aliphatic heterocycles. The Hall–Kier alpha value is -1.73. The Morgan fingerprint density at radius 3 is 2.78 bits per heavy atom. The third-order valence-corrected chi connectivity index (χ3v) is 5.92. The second-order valence-corrected chi connectivity index (χ2v) is 7.31. The van der Waals surface area contributed by atoms with Gasteiger partial charge in [-0.15, -0.1) is 11.8 Å². The number of imide groups is 1. The summed E-state index contributed by atoms with van der Waals surface area (Å²) in [6.45, 7) is 1.59. The molecule has 0 aromatic rings. The molecule has 2 aliphatic carbocycles. The maximum atomic E-state index is 15.0. The van der Waals surface area contributed by atoms with Gasteiger partial charge in [0.2, 0.25) is 16.8 Å². The molecular formula is C16H15F2NO3S. The Morgan fingerprint density at radius 2 is 2.04 bits per heavy atom. The minimum absolute atomic E-state index is 0.443. The maximum absolute atomic E-state index is 15.0. The number of fused-ring (bicyclic) bond motifs is 1. The number of carbonyl (C=O) groups excluding carboxylic acids is 2. The lowest BCUT2D eigenvalue weighted by atomic mass is 9.72. The quantitative estimate of drug-likeness (QED) is 0.771. The van der Waals surface area contributed by atoms with Crippen molar-refractivity contribution in [2.45, 2.75) is 23.3 Å². The minimum Gasteiger partial charge on any atom is -0.381 e. The van der Waals surface area contributed by atoms with E-state index in [0.29, 0.717) is 11.8 Å².